The van der Waals surface area contributed by atoms with Gasteiger partial charge in [0.05, 0.1) is 42.7 Å². The van der Waals surface area contributed by atoms with Crippen LogP contribution in [-0.4, -0.2) is 48.4 Å². The molecule has 1 aromatic heterocycles. The number of furan rings is 1. The first kappa shape index (κ1) is 24.5. The van der Waals surface area contributed by atoms with Crippen molar-refractivity contribution in [3.8, 4) is 11.5 Å². The van der Waals surface area contributed by atoms with E-state index in [1.54, 1.807) is 30.3 Å². The van der Waals surface area contributed by atoms with Crippen LogP contribution in [0.2, 0.25) is 0 Å². The maximum Gasteiger partial charge on any atom is 0.338 e. The maximum atomic E-state index is 12.7. The van der Waals surface area contributed by atoms with Crippen molar-refractivity contribution >= 4 is 29.4 Å². The van der Waals surface area contributed by atoms with Crippen LogP contribution in [0.3, 0.4) is 0 Å². The number of anilines is 1. The number of nitrogens with one attached hydrogen (secondary N) is 1. The molecule has 0 aliphatic carbocycles. The molecule has 0 spiro atoms. The highest BCUT2D eigenvalue weighted by atomic mass is 16.5. The van der Waals surface area contributed by atoms with Crippen LogP contribution in [0.15, 0.2) is 59.2 Å². The number of carbonyl (C=O) groups is 4. The van der Waals surface area contributed by atoms with Gasteiger partial charge in [-0.25, -0.2) is 4.79 Å². The van der Waals surface area contributed by atoms with Gasteiger partial charge in [0.15, 0.2) is 18.1 Å². The minimum Gasteiger partial charge on any atom is -0.490 e. The number of hydrogen-bond donors (Lipinski definition) is 1. The Kier molecular flexibility index (Phi) is 7.33. The molecular weight excluding hydrogens is 468 g/mol. The molecule has 0 saturated carbocycles. The number of carbonyl (C=O) groups excluding carboxylic acids is 4. The predicted octanol–water partition coefficient (Wildman–Crippen LogP) is 3.67. The Hall–Kier alpha value is -4.60. The number of imide groups is 1. The van der Waals surface area contributed by atoms with E-state index < -0.39 is 30.3 Å². The zero-order valence-corrected chi connectivity index (χ0v) is 19.7. The molecule has 36 heavy (non-hydrogen) atoms. The molecule has 0 radical (unpaired) electrons. The van der Waals surface area contributed by atoms with E-state index in [4.69, 9.17) is 18.6 Å². The number of ether oxygens (including phenoxy) is 3. The standard InChI is InChI=1S/C26H24N2O8/c1-3-33-21-10-8-17(13-22(21)34-4-2)27-23(29)15-36-26(32)16-7-9-19-20(12-16)25(31)28(24(19)30)14-18-6-5-11-35-18/h5-13H,3-4,14-15H2,1-2H3,(H,27,29). The molecule has 0 fully saturated rings. The highest BCUT2D eigenvalue weighted by molar-refractivity contribution is 6.21. The summed E-state index contributed by atoms with van der Waals surface area (Å²) in [6.45, 7) is 4.00. The number of benzene rings is 2. The van der Waals surface area contributed by atoms with E-state index in [2.05, 4.69) is 5.32 Å². The summed E-state index contributed by atoms with van der Waals surface area (Å²) in [6.07, 6.45) is 1.45. The fraction of sp³-hybridized carbons (Fsp3) is 0.231. The van der Waals surface area contributed by atoms with Gasteiger partial charge in [0.1, 0.15) is 5.76 Å². The lowest BCUT2D eigenvalue weighted by Crippen LogP contribution is -2.28. The van der Waals surface area contributed by atoms with E-state index >= 15 is 0 Å². The van der Waals surface area contributed by atoms with Crippen LogP contribution in [0, 0.1) is 0 Å². The molecule has 4 rings (SSSR count). The van der Waals surface area contributed by atoms with Crippen LogP contribution in [0.25, 0.3) is 0 Å². The smallest absolute Gasteiger partial charge is 0.338 e. The summed E-state index contributed by atoms with van der Waals surface area (Å²) in [4.78, 5) is 51.2. The van der Waals surface area contributed by atoms with Gasteiger partial charge < -0.3 is 23.9 Å². The predicted molar refractivity (Wildman–Crippen MR) is 127 cm³/mol. The second-order valence-corrected chi connectivity index (χ2v) is 7.69. The first-order valence-corrected chi connectivity index (χ1v) is 11.3. The molecule has 186 valence electrons. The molecule has 1 aliphatic rings. The third kappa shape index (κ3) is 5.22. The van der Waals surface area contributed by atoms with Gasteiger partial charge in [0, 0.05) is 11.8 Å². The topological polar surface area (TPSA) is 124 Å². The van der Waals surface area contributed by atoms with Crippen LogP contribution in [0.5, 0.6) is 11.5 Å². The van der Waals surface area contributed by atoms with Crippen molar-refractivity contribution in [1.29, 1.82) is 0 Å². The van der Waals surface area contributed by atoms with Crippen molar-refractivity contribution in [3.05, 3.63) is 77.2 Å². The normalized spacial score (nSPS) is 12.3. The third-order valence-corrected chi connectivity index (χ3v) is 5.26. The molecule has 10 heteroatoms. The van der Waals surface area contributed by atoms with Crippen LogP contribution in [-0.2, 0) is 16.1 Å². The molecule has 0 atom stereocenters. The summed E-state index contributed by atoms with van der Waals surface area (Å²) in [5, 5.41) is 2.63. The van der Waals surface area contributed by atoms with Gasteiger partial charge in [-0.2, -0.15) is 0 Å². The number of nitrogens with zero attached hydrogens (tertiary/aromatic N) is 1. The van der Waals surface area contributed by atoms with E-state index in [1.165, 1.54) is 24.5 Å². The fourth-order valence-corrected chi connectivity index (χ4v) is 3.66. The second-order valence-electron chi connectivity index (χ2n) is 7.69. The first-order chi connectivity index (χ1) is 17.4. The van der Waals surface area contributed by atoms with Crippen LogP contribution < -0.4 is 14.8 Å². The molecule has 0 saturated heterocycles. The van der Waals surface area contributed by atoms with Gasteiger partial charge in [0.25, 0.3) is 17.7 Å². The van der Waals surface area contributed by atoms with Gasteiger partial charge in [-0.1, -0.05) is 0 Å². The number of esters is 1. The van der Waals surface area contributed by atoms with Gasteiger partial charge in [-0.15, -0.1) is 0 Å². The van der Waals surface area contributed by atoms with Crippen molar-refractivity contribution in [2.75, 3.05) is 25.1 Å². The number of fused-ring (bicyclic) bond motifs is 1. The highest BCUT2D eigenvalue weighted by Crippen LogP contribution is 2.31. The molecule has 2 aromatic carbocycles. The zero-order chi connectivity index (χ0) is 25.7. The molecule has 1 aliphatic heterocycles. The number of rotatable bonds is 10. The lowest BCUT2D eigenvalue weighted by atomic mass is 10.1. The van der Waals surface area contributed by atoms with E-state index in [-0.39, 0.29) is 23.2 Å². The zero-order valence-electron chi connectivity index (χ0n) is 19.7. The Morgan fingerprint density at radius 1 is 0.917 bits per heavy atom. The quantitative estimate of drug-likeness (QED) is 0.336. The third-order valence-electron chi connectivity index (χ3n) is 5.26. The Bertz CT molecular complexity index is 1300. The minimum absolute atomic E-state index is 0.0180. The summed E-state index contributed by atoms with van der Waals surface area (Å²) in [7, 11) is 0. The summed E-state index contributed by atoms with van der Waals surface area (Å²) < 4.78 is 21.3. The minimum atomic E-state index is -0.806. The van der Waals surface area contributed by atoms with Gasteiger partial charge in [-0.05, 0) is 56.3 Å². The SMILES string of the molecule is CCOc1ccc(NC(=O)COC(=O)c2ccc3c(c2)C(=O)N(Cc2ccco2)C3=O)cc1OCC. The second kappa shape index (κ2) is 10.8. The van der Waals surface area contributed by atoms with Gasteiger partial charge in [0.2, 0.25) is 0 Å². The number of hydrogen-bond acceptors (Lipinski definition) is 8. The molecule has 3 aromatic rings. The Morgan fingerprint density at radius 2 is 1.67 bits per heavy atom. The van der Waals surface area contributed by atoms with E-state index in [1.807, 2.05) is 13.8 Å². The fourth-order valence-electron chi connectivity index (χ4n) is 3.66. The Labute approximate surface area is 206 Å². The molecular formula is C26H24N2O8. The highest BCUT2D eigenvalue weighted by Gasteiger charge is 2.36. The van der Waals surface area contributed by atoms with Gasteiger partial charge >= 0.3 is 5.97 Å². The monoisotopic (exact) mass is 492 g/mol. The average molecular weight is 492 g/mol. The van der Waals surface area contributed by atoms with Crippen molar-refractivity contribution < 1.29 is 37.8 Å². The van der Waals surface area contributed by atoms with Crippen molar-refractivity contribution in [2.24, 2.45) is 0 Å². The lowest BCUT2D eigenvalue weighted by Gasteiger charge is -2.13. The first-order valence-electron chi connectivity index (χ1n) is 11.3. The average Bonchev–Trinajstić information content (AvgIpc) is 3.47. The van der Waals surface area contributed by atoms with Gasteiger partial charge in [-0.3, -0.25) is 19.3 Å². The van der Waals surface area contributed by atoms with Crippen LogP contribution in [0.4, 0.5) is 5.69 Å². The molecule has 1 N–H and O–H groups in total. The number of amides is 3. The molecule has 2 heterocycles. The summed E-state index contributed by atoms with van der Waals surface area (Å²) in [6, 6.07) is 12.3. The summed E-state index contributed by atoms with van der Waals surface area (Å²) in [5.74, 6) is -0.905. The Balaban J connectivity index is 1.37. The molecule has 3 amide bonds. The van der Waals surface area contributed by atoms with Crippen LogP contribution >= 0.6 is 0 Å². The molecule has 0 bridgehead atoms. The van der Waals surface area contributed by atoms with E-state index in [0.29, 0.717) is 36.2 Å². The Morgan fingerprint density at radius 3 is 2.39 bits per heavy atom. The largest absolute Gasteiger partial charge is 0.490 e. The molecule has 10 nitrogen and oxygen atoms in total. The van der Waals surface area contributed by atoms with Crippen molar-refractivity contribution in [3.63, 3.8) is 0 Å². The van der Waals surface area contributed by atoms with Crippen LogP contribution in [0.1, 0.15) is 50.7 Å². The van der Waals surface area contributed by atoms with E-state index in [0.717, 1.165) is 4.90 Å². The summed E-state index contributed by atoms with van der Waals surface area (Å²) in [5.41, 5.74) is 0.758. The molecule has 0 unspecified atom stereocenters. The summed E-state index contributed by atoms with van der Waals surface area (Å²) >= 11 is 0. The maximum absolute atomic E-state index is 12.7. The lowest BCUT2D eigenvalue weighted by molar-refractivity contribution is -0.119. The van der Waals surface area contributed by atoms with E-state index in [9.17, 15) is 19.2 Å². The van der Waals surface area contributed by atoms with Crippen molar-refractivity contribution in [1.82, 2.24) is 4.90 Å². The van der Waals surface area contributed by atoms with Crippen molar-refractivity contribution in [2.45, 2.75) is 20.4 Å².